The van der Waals surface area contributed by atoms with Crippen molar-refractivity contribution in [2.24, 2.45) is 5.14 Å². The minimum absolute atomic E-state index is 0.0420. The highest BCUT2D eigenvalue weighted by Crippen LogP contribution is 2.36. The Hall–Kier alpha value is -2.59. The number of rotatable bonds is 6. The highest BCUT2D eigenvalue weighted by Gasteiger charge is 2.27. The fourth-order valence-electron chi connectivity index (χ4n) is 2.27. The molecule has 0 aromatic heterocycles. The maximum atomic E-state index is 12.6. The van der Waals surface area contributed by atoms with Crippen LogP contribution in [-0.2, 0) is 20.1 Å². The summed E-state index contributed by atoms with van der Waals surface area (Å²) in [5.74, 6) is 0.150. The predicted molar refractivity (Wildman–Crippen MR) is 104 cm³/mol. The van der Waals surface area contributed by atoms with E-state index in [2.05, 4.69) is 0 Å². The highest BCUT2D eigenvalue weighted by molar-refractivity contribution is 7.89. The van der Waals surface area contributed by atoms with E-state index in [1.165, 1.54) is 12.1 Å². The number of hydrogen-bond acceptors (Lipinski definition) is 6. The average molecular weight is 440 g/mol. The topological polar surface area (TPSA) is 113 Å². The Morgan fingerprint density at radius 3 is 1.82 bits per heavy atom. The Morgan fingerprint density at radius 1 is 0.750 bits per heavy atom. The third kappa shape index (κ3) is 4.63. The zero-order valence-corrected chi connectivity index (χ0v) is 16.5. The predicted octanol–water partition coefficient (Wildman–Crippen LogP) is 3.55. The van der Waals surface area contributed by atoms with E-state index in [1.807, 2.05) is 0 Å². The SMILES string of the molecule is NS(=O)(=O)c1cc(S(=O)(=O)Oc2ccccc2)c(Cl)cc1Oc1ccccc1. The lowest BCUT2D eigenvalue weighted by Crippen LogP contribution is -2.16. The first-order valence-corrected chi connectivity index (χ1v) is 11.1. The van der Waals surface area contributed by atoms with Gasteiger partial charge in [0.05, 0.1) is 5.02 Å². The fraction of sp³-hybridized carbons (Fsp3) is 0. The van der Waals surface area contributed by atoms with Crippen molar-refractivity contribution < 1.29 is 25.8 Å². The third-order valence-electron chi connectivity index (χ3n) is 3.49. The third-order valence-corrected chi connectivity index (χ3v) is 6.14. The molecule has 0 saturated carbocycles. The van der Waals surface area contributed by atoms with Gasteiger partial charge in [0.2, 0.25) is 10.0 Å². The molecule has 0 aliphatic carbocycles. The second kappa shape index (κ2) is 7.80. The van der Waals surface area contributed by atoms with E-state index in [1.54, 1.807) is 48.5 Å². The Bertz CT molecular complexity index is 1200. The van der Waals surface area contributed by atoms with E-state index < -0.39 is 29.9 Å². The van der Waals surface area contributed by atoms with Gasteiger partial charge in [0, 0.05) is 6.07 Å². The van der Waals surface area contributed by atoms with Crippen molar-refractivity contribution in [2.75, 3.05) is 0 Å². The average Bonchev–Trinajstić information content (AvgIpc) is 2.62. The molecule has 10 heteroatoms. The summed E-state index contributed by atoms with van der Waals surface area (Å²) in [5.41, 5.74) is 0. The van der Waals surface area contributed by atoms with Crippen molar-refractivity contribution in [1.82, 2.24) is 0 Å². The summed E-state index contributed by atoms with van der Waals surface area (Å²) in [7, 11) is -8.75. The summed E-state index contributed by atoms with van der Waals surface area (Å²) < 4.78 is 59.7. The van der Waals surface area contributed by atoms with Gasteiger partial charge in [-0.1, -0.05) is 48.0 Å². The minimum atomic E-state index is -4.42. The molecular formula is C18H14ClNO6S2. The van der Waals surface area contributed by atoms with E-state index in [0.717, 1.165) is 12.1 Å². The molecule has 0 aliphatic rings. The molecule has 0 heterocycles. The standard InChI is InChI=1S/C18H14ClNO6S2/c19-15-11-16(25-13-7-3-1-4-8-13)18(27(20,21)22)12-17(15)28(23,24)26-14-9-5-2-6-10-14/h1-12H,(H2,20,21,22). The maximum Gasteiger partial charge on any atom is 0.340 e. The Balaban J connectivity index is 2.09. The van der Waals surface area contributed by atoms with Gasteiger partial charge < -0.3 is 8.92 Å². The molecule has 0 radical (unpaired) electrons. The lowest BCUT2D eigenvalue weighted by molar-refractivity contribution is 0.465. The van der Waals surface area contributed by atoms with Crippen molar-refractivity contribution in [3.8, 4) is 17.2 Å². The smallest absolute Gasteiger partial charge is 0.340 e. The molecule has 0 amide bonds. The van der Waals surface area contributed by atoms with Crippen LogP contribution in [0, 0.1) is 0 Å². The Morgan fingerprint density at radius 2 is 1.29 bits per heavy atom. The molecule has 3 rings (SSSR count). The first-order chi connectivity index (χ1) is 13.2. The fourth-order valence-corrected chi connectivity index (χ4v) is 4.46. The molecule has 0 atom stereocenters. The van der Waals surface area contributed by atoms with Crippen LogP contribution >= 0.6 is 11.6 Å². The van der Waals surface area contributed by atoms with E-state index in [9.17, 15) is 16.8 Å². The van der Waals surface area contributed by atoms with Crippen LogP contribution in [0.25, 0.3) is 0 Å². The molecule has 146 valence electrons. The van der Waals surface area contributed by atoms with Crippen LogP contribution in [0.3, 0.4) is 0 Å². The molecule has 0 bridgehead atoms. The molecule has 0 fully saturated rings. The quantitative estimate of drug-likeness (QED) is 0.587. The summed E-state index contributed by atoms with van der Waals surface area (Å²) in [6, 6.07) is 17.9. The van der Waals surface area contributed by atoms with Crippen LogP contribution in [0.1, 0.15) is 0 Å². The molecule has 3 aromatic carbocycles. The second-order valence-corrected chi connectivity index (χ2v) is 8.99. The van der Waals surface area contributed by atoms with E-state index in [0.29, 0.717) is 5.75 Å². The highest BCUT2D eigenvalue weighted by atomic mass is 35.5. The molecule has 3 aromatic rings. The summed E-state index contributed by atoms with van der Waals surface area (Å²) in [4.78, 5) is -1.10. The number of ether oxygens (including phenoxy) is 1. The van der Waals surface area contributed by atoms with Crippen LogP contribution in [-0.4, -0.2) is 16.8 Å². The van der Waals surface area contributed by atoms with E-state index in [4.69, 9.17) is 25.7 Å². The summed E-state index contributed by atoms with van der Waals surface area (Å²) in [6.45, 7) is 0. The maximum absolute atomic E-state index is 12.6. The van der Waals surface area contributed by atoms with Gasteiger partial charge in [0.1, 0.15) is 27.0 Å². The van der Waals surface area contributed by atoms with Crippen molar-refractivity contribution >= 4 is 31.7 Å². The molecule has 7 nitrogen and oxygen atoms in total. The Kier molecular flexibility index (Phi) is 5.61. The monoisotopic (exact) mass is 439 g/mol. The summed E-state index contributed by atoms with van der Waals surface area (Å²) >= 11 is 6.09. The van der Waals surface area contributed by atoms with Gasteiger partial charge in [0.25, 0.3) is 0 Å². The summed E-state index contributed by atoms with van der Waals surface area (Å²) in [5, 5.41) is 4.96. The van der Waals surface area contributed by atoms with Gasteiger partial charge in [0.15, 0.2) is 0 Å². The van der Waals surface area contributed by atoms with Crippen LogP contribution in [0.5, 0.6) is 17.2 Å². The van der Waals surface area contributed by atoms with Gasteiger partial charge in [-0.2, -0.15) is 8.42 Å². The molecular weight excluding hydrogens is 426 g/mol. The number of hydrogen-bond donors (Lipinski definition) is 1. The second-order valence-electron chi connectivity index (χ2n) is 5.54. The molecule has 28 heavy (non-hydrogen) atoms. The van der Waals surface area contributed by atoms with Crippen molar-refractivity contribution in [2.45, 2.75) is 9.79 Å². The van der Waals surface area contributed by atoms with Crippen molar-refractivity contribution in [3.05, 3.63) is 77.8 Å². The number of nitrogens with two attached hydrogens (primary N) is 1. The number of primary sulfonamides is 1. The summed E-state index contributed by atoms with van der Waals surface area (Å²) in [6.07, 6.45) is 0. The number of benzene rings is 3. The Labute approximate surface area is 167 Å². The molecule has 0 saturated heterocycles. The first-order valence-electron chi connectivity index (χ1n) is 7.75. The van der Waals surface area contributed by atoms with E-state index >= 15 is 0 Å². The number of para-hydroxylation sites is 2. The van der Waals surface area contributed by atoms with Crippen LogP contribution in [0.15, 0.2) is 82.6 Å². The zero-order chi connectivity index (χ0) is 20.4. The van der Waals surface area contributed by atoms with E-state index in [-0.39, 0.29) is 16.5 Å². The van der Waals surface area contributed by atoms with Gasteiger partial charge in [-0.05, 0) is 30.3 Å². The lowest BCUT2D eigenvalue weighted by atomic mass is 10.3. The van der Waals surface area contributed by atoms with Gasteiger partial charge >= 0.3 is 10.1 Å². The van der Waals surface area contributed by atoms with Crippen molar-refractivity contribution in [3.63, 3.8) is 0 Å². The van der Waals surface area contributed by atoms with Crippen LogP contribution in [0.4, 0.5) is 0 Å². The zero-order valence-electron chi connectivity index (χ0n) is 14.1. The van der Waals surface area contributed by atoms with Crippen LogP contribution in [0.2, 0.25) is 5.02 Å². The lowest BCUT2D eigenvalue weighted by Gasteiger charge is -2.14. The molecule has 0 aliphatic heterocycles. The van der Waals surface area contributed by atoms with Gasteiger partial charge in [-0.3, -0.25) is 0 Å². The van der Waals surface area contributed by atoms with Gasteiger partial charge in [-0.25, -0.2) is 13.6 Å². The largest absolute Gasteiger partial charge is 0.456 e. The normalized spacial score (nSPS) is 11.8. The number of halogens is 1. The van der Waals surface area contributed by atoms with Crippen LogP contribution < -0.4 is 14.1 Å². The number of sulfonamides is 1. The molecule has 0 unspecified atom stereocenters. The van der Waals surface area contributed by atoms with Crippen molar-refractivity contribution in [1.29, 1.82) is 0 Å². The molecule has 2 N–H and O–H groups in total. The first kappa shape index (κ1) is 20.2. The molecule has 0 spiro atoms. The van der Waals surface area contributed by atoms with Gasteiger partial charge in [-0.15, -0.1) is 0 Å². The minimum Gasteiger partial charge on any atom is -0.456 e.